The van der Waals surface area contributed by atoms with Gasteiger partial charge in [-0.2, -0.15) is 0 Å². The van der Waals surface area contributed by atoms with E-state index in [0.717, 1.165) is 0 Å². The van der Waals surface area contributed by atoms with Gasteiger partial charge in [0.05, 0.1) is 12.6 Å². The molecule has 0 spiro atoms. The van der Waals surface area contributed by atoms with Crippen LogP contribution in [0.4, 0.5) is 5.69 Å². The van der Waals surface area contributed by atoms with Gasteiger partial charge in [0, 0.05) is 11.9 Å². The summed E-state index contributed by atoms with van der Waals surface area (Å²) in [7, 11) is 0. The second kappa shape index (κ2) is 5.46. The zero-order chi connectivity index (χ0) is 12.1. The number of nitrogens with zero attached hydrogens (tertiary/aromatic N) is 1. The number of aromatic carboxylic acids is 1. The van der Waals surface area contributed by atoms with Gasteiger partial charge in [0.1, 0.15) is 5.69 Å². The van der Waals surface area contributed by atoms with Crippen LogP contribution in [0.3, 0.4) is 0 Å². The first-order valence-corrected chi connectivity index (χ1v) is 5.11. The molecular weight excluding hydrogens is 208 g/mol. The Morgan fingerprint density at radius 1 is 1.56 bits per heavy atom. The molecular formula is C11H16N2O3. The number of carboxylic acids is 1. The number of hydrogen-bond donors (Lipinski definition) is 3. The van der Waals surface area contributed by atoms with Crippen molar-refractivity contribution in [1.29, 1.82) is 0 Å². The largest absolute Gasteiger partial charge is 0.477 e. The van der Waals surface area contributed by atoms with Gasteiger partial charge in [-0.3, -0.25) is 0 Å². The molecule has 0 radical (unpaired) electrons. The monoisotopic (exact) mass is 224 g/mol. The fourth-order valence-electron chi connectivity index (χ4n) is 1.27. The van der Waals surface area contributed by atoms with Crippen molar-refractivity contribution in [2.45, 2.75) is 19.9 Å². The lowest BCUT2D eigenvalue weighted by Crippen LogP contribution is -2.29. The van der Waals surface area contributed by atoms with E-state index in [4.69, 9.17) is 10.2 Å². The van der Waals surface area contributed by atoms with Crippen LogP contribution in [0.25, 0.3) is 0 Å². The van der Waals surface area contributed by atoms with Crippen molar-refractivity contribution < 1.29 is 15.0 Å². The summed E-state index contributed by atoms with van der Waals surface area (Å²) in [6.45, 7) is 3.96. The SMILES string of the molecule is CC(C)C(CO)Nc1ccnc(C(=O)O)c1. The maximum Gasteiger partial charge on any atom is 0.354 e. The van der Waals surface area contributed by atoms with Crippen molar-refractivity contribution in [2.75, 3.05) is 11.9 Å². The van der Waals surface area contributed by atoms with Crippen molar-refractivity contribution >= 4 is 11.7 Å². The fourth-order valence-corrected chi connectivity index (χ4v) is 1.27. The number of anilines is 1. The minimum atomic E-state index is -1.06. The van der Waals surface area contributed by atoms with E-state index in [1.807, 2.05) is 13.8 Å². The molecule has 0 aliphatic carbocycles. The summed E-state index contributed by atoms with van der Waals surface area (Å²) in [5, 5.41) is 21.0. The molecule has 1 unspecified atom stereocenters. The topological polar surface area (TPSA) is 82.5 Å². The van der Waals surface area contributed by atoms with Crippen LogP contribution in [0.5, 0.6) is 0 Å². The quantitative estimate of drug-likeness (QED) is 0.700. The molecule has 0 aromatic carbocycles. The van der Waals surface area contributed by atoms with Crippen LogP contribution in [0.2, 0.25) is 0 Å². The Labute approximate surface area is 94.1 Å². The molecule has 3 N–H and O–H groups in total. The summed E-state index contributed by atoms with van der Waals surface area (Å²) in [6, 6.07) is 3.04. The Morgan fingerprint density at radius 2 is 2.25 bits per heavy atom. The van der Waals surface area contributed by atoms with E-state index in [1.165, 1.54) is 12.3 Å². The molecule has 0 saturated carbocycles. The van der Waals surface area contributed by atoms with Crippen molar-refractivity contribution in [3.8, 4) is 0 Å². The van der Waals surface area contributed by atoms with Gasteiger partial charge in [-0.05, 0) is 18.1 Å². The smallest absolute Gasteiger partial charge is 0.354 e. The van der Waals surface area contributed by atoms with Gasteiger partial charge < -0.3 is 15.5 Å². The van der Waals surface area contributed by atoms with Gasteiger partial charge in [0.25, 0.3) is 0 Å². The number of aliphatic hydroxyl groups excluding tert-OH is 1. The van der Waals surface area contributed by atoms with E-state index in [9.17, 15) is 4.79 Å². The van der Waals surface area contributed by atoms with Gasteiger partial charge in [-0.25, -0.2) is 9.78 Å². The minimum absolute atomic E-state index is 0.00238. The third-order valence-electron chi connectivity index (χ3n) is 2.33. The molecule has 1 atom stereocenters. The van der Waals surface area contributed by atoms with Crippen molar-refractivity contribution in [3.05, 3.63) is 24.0 Å². The van der Waals surface area contributed by atoms with E-state index >= 15 is 0 Å². The number of nitrogens with one attached hydrogen (secondary N) is 1. The average Bonchev–Trinajstić information content (AvgIpc) is 2.25. The Morgan fingerprint density at radius 3 is 2.75 bits per heavy atom. The maximum atomic E-state index is 10.7. The summed E-state index contributed by atoms with van der Waals surface area (Å²) in [4.78, 5) is 14.4. The number of aliphatic hydroxyl groups is 1. The van der Waals surface area contributed by atoms with Crippen molar-refractivity contribution in [3.63, 3.8) is 0 Å². The molecule has 0 bridgehead atoms. The average molecular weight is 224 g/mol. The van der Waals surface area contributed by atoms with Crippen LogP contribution < -0.4 is 5.32 Å². The Kier molecular flexibility index (Phi) is 4.25. The summed E-state index contributed by atoms with van der Waals surface area (Å²) in [6.07, 6.45) is 1.43. The first kappa shape index (κ1) is 12.4. The second-order valence-electron chi connectivity index (χ2n) is 3.91. The Hall–Kier alpha value is -1.62. The lowest BCUT2D eigenvalue weighted by Gasteiger charge is -2.21. The van der Waals surface area contributed by atoms with Crippen LogP contribution in [0.15, 0.2) is 18.3 Å². The van der Waals surface area contributed by atoms with Gasteiger partial charge in [-0.1, -0.05) is 13.8 Å². The molecule has 5 heteroatoms. The highest BCUT2D eigenvalue weighted by atomic mass is 16.4. The summed E-state index contributed by atoms with van der Waals surface area (Å²) in [5.41, 5.74) is 0.644. The third kappa shape index (κ3) is 3.20. The Balaban J connectivity index is 2.80. The van der Waals surface area contributed by atoms with E-state index in [1.54, 1.807) is 6.07 Å². The van der Waals surface area contributed by atoms with Crippen LogP contribution in [0.1, 0.15) is 24.3 Å². The van der Waals surface area contributed by atoms with E-state index in [0.29, 0.717) is 5.69 Å². The van der Waals surface area contributed by atoms with Crippen molar-refractivity contribution in [1.82, 2.24) is 4.98 Å². The zero-order valence-corrected chi connectivity index (χ0v) is 9.34. The normalized spacial score (nSPS) is 12.5. The van der Waals surface area contributed by atoms with Gasteiger partial charge >= 0.3 is 5.97 Å². The molecule has 1 aromatic rings. The summed E-state index contributed by atoms with van der Waals surface area (Å²) < 4.78 is 0. The summed E-state index contributed by atoms with van der Waals surface area (Å²) in [5.74, 6) is -0.805. The molecule has 5 nitrogen and oxygen atoms in total. The second-order valence-corrected chi connectivity index (χ2v) is 3.91. The van der Waals surface area contributed by atoms with Crippen LogP contribution in [-0.2, 0) is 0 Å². The first-order valence-electron chi connectivity index (χ1n) is 5.11. The predicted molar refractivity (Wildman–Crippen MR) is 60.5 cm³/mol. The molecule has 0 aliphatic rings. The molecule has 0 fully saturated rings. The lowest BCUT2D eigenvalue weighted by molar-refractivity contribution is 0.0690. The number of aromatic nitrogens is 1. The fraction of sp³-hybridized carbons (Fsp3) is 0.455. The van der Waals surface area contributed by atoms with E-state index < -0.39 is 5.97 Å². The highest BCUT2D eigenvalue weighted by molar-refractivity contribution is 5.86. The number of pyridine rings is 1. The van der Waals surface area contributed by atoms with Gasteiger partial charge in [0.15, 0.2) is 0 Å². The third-order valence-corrected chi connectivity index (χ3v) is 2.33. The maximum absolute atomic E-state index is 10.7. The first-order chi connectivity index (χ1) is 7.54. The number of rotatable bonds is 5. The van der Waals surface area contributed by atoms with E-state index in [-0.39, 0.29) is 24.3 Å². The molecule has 1 heterocycles. The zero-order valence-electron chi connectivity index (χ0n) is 9.34. The predicted octanol–water partition coefficient (Wildman–Crippen LogP) is 1.21. The minimum Gasteiger partial charge on any atom is -0.477 e. The number of hydrogen-bond acceptors (Lipinski definition) is 4. The highest BCUT2D eigenvalue weighted by Crippen LogP contribution is 2.13. The molecule has 1 rings (SSSR count). The molecule has 0 aliphatic heterocycles. The summed E-state index contributed by atoms with van der Waals surface area (Å²) >= 11 is 0. The molecule has 0 saturated heterocycles. The Bertz CT molecular complexity index is 366. The lowest BCUT2D eigenvalue weighted by atomic mass is 10.1. The molecule has 1 aromatic heterocycles. The van der Waals surface area contributed by atoms with Gasteiger partial charge in [0.2, 0.25) is 0 Å². The van der Waals surface area contributed by atoms with Crippen molar-refractivity contribution in [2.24, 2.45) is 5.92 Å². The van der Waals surface area contributed by atoms with Gasteiger partial charge in [-0.15, -0.1) is 0 Å². The van der Waals surface area contributed by atoms with E-state index in [2.05, 4.69) is 10.3 Å². The van der Waals surface area contributed by atoms with Crippen LogP contribution in [0, 0.1) is 5.92 Å². The standard InChI is InChI=1S/C11H16N2O3/c1-7(2)10(6-14)13-8-3-4-12-9(5-8)11(15)16/h3-5,7,10,14H,6H2,1-2H3,(H,12,13)(H,15,16). The molecule has 16 heavy (non-hydrogen) atoms. The van der Waals surface area contributed by atoms with Crippen LogP contribution in [-0.4, -0.2) is 33.8 Å². The number of carboxylic acid groups (broad SMARTS) is 1. The molecule has 0 amide bonds. The highest BCUT2D eigenvalue weighted by Gasteiger charge is 2.12. The number of carbonyl (C=O) groups is 1. The van der Waals surface area contributed by atoms with Crippen LogP contribution >= 0.6 is 0 Å². The molecule has 88 valence electrons.